The number of hydrogen-bond acceptors (Lipinski definition) is 4. The fraction of sp³-hybridized carbons (Fsp3) is 0.500. The maximum atomic E-state index is 12.7. The van der Waals surface area contributed by atoms with Crippen molar-refractivity contribution in [1.29, 1.82) is 5.26 Å². The van der Waals surface area contributed by atoms with Gasteiger partial charge in [0.1, 0.15) is 0 Å². The number of amides is 2. The molecule has 2 amide bonds. The smallest absolute Gasteiger partial charge is 0.260 e. The third kappa shape index (κ3) is 2.94. The number of nitrogens with one attached hydrogen (secondary N) is 2. The molecule has 1 aromatic rings. The third-order valence-electron chi connectivity index (χ3n) is 5.27. The number of benzene rings is 1. The van der Waals surface area contributed by atoms with E-state index in [-0.39, 0.29) is 23.9 Å². The van der Waals surface area contributed by atoms with Gasteiger partial charge in [0.25, 0.3) is 5.91 Å². The van der Waals surface area contributed by atoms with Crippen molar-refractivity contribution in [3.8, 4) is 6.07 Å². The number of hydrogen-bond donors (Lipinski definition) is 2. The molecular weight excluding hydrogens is 304 g/mol. The highest BCUT2D eigenvalue weighted by Crippen LogP contribution is 2.42. The van der Waals surface area contributed by atoms with Gasteiger partial charge in [-0.1, -0.05) is 19.8 Å². The van der Waals surface area contributed by atoms with Crippen LogP contribution in [0.25, 0.3) is 0 Å². The van der Waals surface area contributed by atoms with E-state index in [0.29, 0.717) is 17.9 Å². The van der Waals surface area contributed by atoms with Crippen LogP contribution in [0, 0.1) is 17.2 Å². The first-order valence-electron chi connectivity index (χ1n) is 8.42. The molecule has 126 valence electrons. The summed E-state index contributed by atoms with van der Waals surface area (Å²) in [6.07, 6.45) is 4.52. The zero-order valence-corrected chi connectivity index (χ0v) is 13.8. The lowest BCUT2D eigenvalue weighted by Crippen LogP contribution is -2.57. The summed E-state index contributed by atoms with van der Waals surface area (Å²) in [4.78, 5) is 24.7. The molecule has 0 unspecified atom stereocenters. The van der Waals surface area contributed by atoms with Crippen molar-refractivity contribution in [3.05, 3.63) is 29.8 Å². The van der Waals surface area contributed by atoms with Crippen molar-refractivity contribution in [2.75, 3.05) is 11.9 Å². The first-order chi connectivity index (χ1) is 11.5. The van der Waals surface area contributed by atoms with Gasteiger partial charge in [0.2, 0.25) is 5.91 Å². The SMILES string of the molecule is C[C@@H]1CCCC[C@]12CC(=O)NN2C(=O)CNc1ccc(C#N)cc1. The fourth-order valence-corrected chi connectivity index (χ4v) is 3.85. The van der Waals surface area contributed by atoms with E-state index in [2.05, 4.69) is 23.7 Å². The number of carbonyl (C=O) groups excluding carboxylic acids is 2. The second kappa shape index (κ2) is 6.52. The van der Waals surface area contributed by atoms with Crippen LogP contribution in [-0.4, -0.2) is 28.9 Å². The third-order valence-corrected chi connectivity index (χ3v) is 5.27. The van der Waals surface area contributed by atoms with Gasteiger partial charge in [0.15, 0.2) is 0 Å². The molecule has 1 aliphatic heterocycles. The maximum absolute atomic E-state index is 12.7. The Morgan fingerprint density at radius 2 is 2.17 bits per heavy atom. The standard InChI is InChI=1S/C18H22N4O2/c1-13-4-2-3-9-18(13)10-16(23)21-22(18)17(24)12-20-15-7-5-14(11-19)6-8-15/h5-8,13,20H,2-4,9-10,12H2,1H3,(H,21,23)/t13-,18+/m1/s1. The van der Waals surface area contributed by atoms with Crippen LogP contribution in [0.2, 0.25) is 0 Å². The number of rotatable bonds is 3. The van der Waals surface area contributed by atoms with Crippen LogP contribution >= 0.6 is 0 Å². The van der Waals surface area contributed by atoms with Crippen molar-refractivity contribution in [2.45, 2.75) is 44.6 Å². The lowest BCUT2D eigenvalue weighted by Gasteiger charge is -2.44. The van der Waals surface area contributed by atoms with Crippen LogP contribution in [-0.2, 0) is 9.59 Å². The summed E-state index contributed by atoms with van der Waals surface area (Å²) < 4.78 is 0. The van der Waals surface area contributed by atoms with Gasteiger partial charge in [-0.3, -0.25) is 15.0 Å². The summed E-state index contributed by atoms with van der Waals surface area (Å²) >= 11 is 0. The Morgan fingerprint density at radius 1 is 1.42 bits per heavy atom. The molecule has 24 heavy (non-hydrogen) atoms. The predicted molar refractivity (Wildman–Crippen MR) is 89.6 cm³/mol. The summed E-state index contributed by atoms with van der Waals surface area (Å²) in [5.41, 5.74) is 3.74. The molecule has 6 nitrogen and oxygen atoms in total. The van der Waals surface area contributed by atoms with E-state index in [0.717, 1.165) is 31.4 Å². The lowest BCUT2D eigenvalue weighted by molar-refractivity contribution is -0.142. The molecule has 0 aromatic heterocycles. The number of hydrazine groups is 1. The normalized spacial score (nSPS) is 26.1. The average molecular weight is 326 g/mol. The number of nitrogens with zero attached hydrogens (tertiary/aromatic N) is 2. The molecule has 1 saturated carbocycles. The van der Waals surface area contributed by atoms with Gasteiger partial charge in [-0.2, -0.15) is 5.26 Å². The van der Waals surface area contributed by atoms with E-state index in [9.17, 15) is 9.59 Å². The first kappa shape index (κ1) is 16.3. The van der Waals surface area contributed by atoms with Gasteiger partial charge in [0, 0.05) is 5.69 Å². The predicted octanol–water partition coefficient (Wildman–Crippen LogP) is 2.18. The highest BCUT2D eigenvalue weighted by Gasteiger charge is 2.51. The molecule has 2 aliphatic rings. The Hall–Kier alpha value is -2.55. The highest BCUT2D eigenvalue weighted by atomic mass is 16.2. The summed E-state index contributed by atoms with van der Waals surface area (Å²) in [5, 5.41) is 13.5. The molecule has 2 N–H and O–H groups in total. The molecule has 6 heteroatoms. The molecule has 2 fully saturated rings. The minimum atomic E-state index is -0.376. The summed E-state index contributed by atoms with van der Waals surface area (Å²) in [7, 11) is 0. The van der Waals surface area contributed by atoms with Gasteiger partial charge in [-0.25, -0.2) is 5.01 Å². The Kier molecular flexibility index (Phi) is 4.43. The van der Waals surface area contributed by atoms with E-state index >= 15 is 0 Å². The second-order valence-corrected chi connectivity index (χ2v) is 6.73. The number of anilines is 1. The van der Waals surface area contributed by atoms with Gasteiger partial charge in [0.05, 0.1) is 30.1 Å². The number of nitriles is 1. The molecule has 1 aliphatic carbocycles. The Balaban J connectivity index is 1.68. The monoisotopic (exact) mass is 326 g/mol. The Bertz CT molecular complexity index is 679. The average Bonchev–Trinajstić information content (AvgIpc) is 2.93. The van der Waals surface area contributed by atoms with Crippen molar-refractivity contribution < 1.29 is 9.59 Å². The Labute approximate surface area is 141 Å². The van der Waals surface area contributed by atoms with Gasteiger partial charge >= 0.3 is 0 Å². The minimum absolute atomic E-state index is 0.0736. The van der Waals surface area contributed by atoms with Crippen LogP contribution < -0.4 is 10.7 Å². The van der Waals surface area contributed by atoms with Crippen LogP contribution in [0.15, 0.2) is 24.3 Å². The van der Waals surface area contributed by atoms with E-state index in [1.54, 1.807) is 29.3 Å². The lowest BCUT2D eigenvalue weighted by atomic mass is 9.72. The summed E-state index contributed by atoms with van der Waals surface area (Å²) in [6, 6.07) is 9.01. The van der Waals surface area contributed by atoms with Crippen molar-refractivity contribution in [1.82, 2.24) is 10.4 Å². The highest BCUT2D eigenvalue weighted by molar-refractivity contribution is 5.89. The topological polar surface area (TPSA) is 85.2 Å². The van der Waals surface area contributed by atoms with E-state index in [1.165, 1.54) is 0 Å². The second-order valence-electron chi connectivity index (χ2n) is 6.73. The van der Waals surface area contributed by atoms with Crippen LogP contribution in [0.5, 0.6) is 0 Å². The Morgan fingerprint density at radius 3 is 2.83 bits per heavy atom. The molecule has 1 spiro atoms. The minimum Gasteiger partial charge on any atom is -0.376 e. The quantitative estimate of drug-likeness (QED) is 0.891. The molecule has 2 atom stereocenters. The van der Waals surface area contributed by atoms with Crippen molar-refractivity contribution >= 4 is 17.5 Å². The van der Waals surface area contributed by atoms with E-state index < -0.39 is 0 Å². The molecular formula is C18H22N4O2. The van der Waals surface area contributed by atoms with Crippen LogP contribution in [0.3, 0.4) is 0 Å². The van der Waals surface area contributed by atoms with Gasteiger partial charge < -0.3 is 5.32 Å². The van der Waals surface area contributed by atoms with Crippen LogP contribution in [0.1, 0.15) is 44.6 Å². The zero-order chi connectivity index (χ0) is 17.2. The molecule has 0 radical (unpaired) electrons. The number of carbonyl (C=O) groups is 2. The molecule has 1 heterocycles. The fourth-order valence-electron chi connectivity index (χ4n) is 3.85. The van der Waals surface area contributed by atoms with Gasteiger partial charge in [-0.05, 0) is 43.0 Å². The van der Waals surface area contributed by atoms with E-state index in [4.69, 9.17) is 5.26 Å². The first-order valence-corrected chi connectivity index (χ1v) is 8.42. The van der Waals surface area contributed by atoms with Gasteiger partial charge in [-0.15, -0.1) is 0 Å². The molecule has 3 rings (SSSR count). The molecule has 0 bridgehead atoms. The summed E-state index contributed by atoms with van der Waals surface area (Å²) in [5.74, 6) is 0.110. The van der Waals surface area contributed by atoms with Crippen molar-refractivity contribution in [3.63, 3.8) is 0 Å². The molecule has 1 saturated heterocycles. The van der Waals surface area contributed by atoms with E-state index in [1.807, 2.05) is 0 Å². The van der Waals surface area contributed by atoms with Crippen LogP contribution in [0.4, 0.5) is 5.69 Å². The molecule has 1 aromatic carbocycles. The van der Waals surface area contributed by atoms with Crippen molar-refractivity contribution in [2.24, 2.45) is 5.92 Å². The largest absolute Gasteiger partial charge is 0.376 e. The zero-order valence-electron chi connectivity index (χ0n) is 13.8. The summed E-state index contributed by atoms with van der Waals surface area (Å²) in [6.45, 7) is 2.24. The maximum Gasteiger partial charge on any atom is 0.260 e.